The van der Waals surface area contributed by atoms with Gasteiger partial charge < -0.3 is 4.74 Å². The van der Waals surface area contributed by atoms with Gasteiger partial charge in [-0.05, 0) is 42.3 Å². The minimum atomic E-state index is -1.59. The summed E-state index contributed by atoms with van der Waals surface area (Å²) in [5.74, 6) is -0.422. The van der Waals surface area contributed by atoms with Crippen LogP contribution in [-0.4, -0.2) is 15.6 Å². The summed E-state index contributed by atoms with van der Waals surface area (Å²) in [5.41, 5.74) is -0.455. The van der Waals surface area contributed by atoms with Crippen LogP contribution >= 0.6 is 15.9 Å². The average molecular weight is 375 g/mol. The zero-order valence-electron chi connectivity index (χ0n) is 11.8. The van der Waals surface area contributed by atoms with Crippen LogP contribution in [0, 0.1) is 17.1 Å². The number of benzene rings is 1. The molecule has 0 fully saturated rings. The average Bonchev–Trinajstić information content (AvgIpc) is 2.42. The van der Waals surface area contributed by atoms with Crippen LogP contribution in [0.5, 0.6) is 5.75 Å². The zero-order chi connectivity index (χ0) is 15.8. The molecule has 1 aromatic rings. The van der Waals surface area contributed by atoms with Crippen LogP contribution in [0.2, 0.25) is 0 Å². The second kappa shape index (κ2) is 5.67. The van der Waals surface area contributed by atoms with Gasteiger partial charge >= 0.3 is 0 Å². The van der Waals surface area contributed by atoms with Crippen LogP contribution in [0.25, 0.3) is 0 Å². The third-order valence-electron chi connectivity index (χ3n) is 3.83. The highest BCUT2D eigenvalue weighted by atomic mass is 79.9. The fourth-order valence-electron chi connectivity index (χ4n) is 2.65. The smallest absolute Gasteiger partial charge is 0.179 e. The van der Waals surface area contributed by atoms with Gasteiger partial charge in [0.25, 0.3) is 0 Å². The van der Waals surface area contributed by atoms with Crippen molar-refractivity contribution in [2.75, 3.05) is 6.61 Å². The Labute approximate surface area is 134 Å². The molecular formula is C14H16BrFN2O2S. The molecule has 0 amide bonds. The molecule has 4 nitrogen and oxygen atoms in total. The summed E-state index contributed by atoms with van der Waals surface area (Å²) in [6, 6.07) is 5.52. The van der Waals surface area contributed by atoms with Gasteiger partial charge in [-0.25, -0.2) is 8.60 Å². The third kappa shape index (κ3) is 2.85. The Kier molecular flexibility index (Phi) is 4.43. The molecule has 2 rings (SSSR count). The van der Waals surface area contributed by atoms with Crippen molar-refractivity contribution in [3.05, 3.63) is 28.0 Å². The van der Waals surface area contributed by atoms with Gasteiger partial charge in [0.1, 0.15) is 0 Å². The minimum absolute atomic E-state index is 0.0933. The molecule has 0 radical (unpaired) electrons. The highest BCUT2D eigenvalue weighted by molar-refractivity contribution is 9.10. The van der Waals surface area contributed by atoms with Crippen molar-refractivity contribution in [3.63, 3.8) is 0 Å². The molecule has 0 saturated heterocycles. The summed E-state index contributed by atoms with van der Waals surface area (Å²) in [6.07, 6.45) is 0.690. The Morgan fingerprint density at radius 1 is 1.62 bits per heavy atom. The quantitative estimate of drug-likeness (QED) is 0.883. The summed E-state index contributed by atoms with van der Waals surface area (Å²) < 4.78 is 30.8. The molecule has 2 unspecified atom stereocenters. The van der Waals surface area contributed by atoms with E-state index in [1.165, 1.54) is 0 Å². The second-order valence-electron chi connectivity index (χ2n) is 5.76. The van der Waals surface area contributed by atoms with Crippen LogP contribution < -0.4 is 9.88 Å². The summed E-state index contributed by atoms with van der Waals surface area (Å²) >= 11 is 3.11. The first-order chi connectivity index (χ1) is 9.73. The third-order valence-corrected chi connectivity index (χ3v) is 5.67. The lowest BCUT2D eigenvalue weighted by Crippen LogP contribution is -2.43. The first kappa shape index (κ1) is 16.4. The Balaban J connectivity index is 2.56. The topological polar surface area (TPSA) is 76.1 Å². The number of nitrogens with zero attached hydrogens (tertiary/aromatic N) is 1. The normalized spacial score (nSPS) is 22.9. The maximum atomic E-state index is 14.2. The van der Waals surface area contributed by atoms with E-state index in [1.54, 1.807) is 26.0 Å². The minimum Gasteiger partial charge on any atom is -0.490 e. The molecule has 0 aromatic heterocycles. The molecule has 1 heterocycles. The molecule has 0 spiro atoms. The molecule has 2 N–H and O–H groups in total. The predicted molar refractivity (Wildman–Crippen MR) is 82.5 cm³/mol. The van der Waals surface area contributed by atoms with Gasteiger partial charge in [0.2, 0.25) is 0 Å². The van der Waals surface area contributed by atoms with Crippen LogP contribution in [0.15, 0.2) is 16.6 Å². The van der Waals surface area contributed by atoms with Gasteiger partial charge in [-0.3, -0.25) is 5.14 Å². The highest BCUT2D eigenvalue weighted by Crippen LogP contribution is 2.46. The Bertz CT molecular complexity index is 645. The number of hydrogen-bond acceptors (Lipinski definition) is 3. The van der Waals surface area contributed by atoms with E-state index in [1.807, 2.05) is 0 Å². The van der Waals surface area contributed by atoms with Crippen molar-refractivity contribution in [2.24, 2.45) is 5.14 Å². The van der Waals surface area contributed by atoms with Crippen molar-refractivity contribution in [1.82, 2.24) is 0 Å². The lowest BCUT2D eigenvalue weighted by atomic mass is 9.71. The van der Waals surface area contributed by atoms with E-state index >= 15 is 0 Å². The predicted octanol–water partition coefficient (Wildman–Crippen LogP) is 2.92. The van der Waals surface area contributed by atoms with E-state index in [-0.39, 0.29) is 23.2 Å². The molecule has 0 aliphatic carbocycles. The zero-order valence-corrected chi connectivity index (χ0v) is 14.2. The number of halogens is 2. The van der Waals surface area contributed by atoms with Crippen molar-refractivity contribution in [1.29, 1.82) is 5.26 Å². The van der Waals surface area contributed by atoms with Crippen LogP contribution in [-0.2, 0) is 16.4 Å². The fraction of sp³-hybridized carbons (Fsp3) is 0.500. The number of fused-ring (bicyclic) bond motifs is 1. The maximum absolute atomic E-state index is 14.2. The Morgan fingerprint density at radius 3 is 2.86 bits per heavy atom. The highest BCUT2D eigenvalue weighted by Gasteiger charge is 2.45. The largest absolute Gasteiger partial charge is 0.490 e. The van der Waals surface area contributed by atoms with Crippen LogP contribution in [0.4, 0.5) is 4.39 Å². The number of hydrogen-bond donors (Lipinski definition) is 1. The van der Waals surface area contributed by atoms with Gasteiger partial charge in [0, 0.05) is 12.0 Å². The molecule has 0 saturated carbocycles. The van der Waals surface area contributed by atoms with Gasteiger partial charge in [-0.1, -0.05) is 6.07 Å². The van der Waals surface area contributed by atoms with Gasteiger partial charge in [0.15, 0.2) is 11.6 Å². The molecule has 21 heavy (non-hydrogen) atoms. The molecule has 0 bridgehead atoms. The molecule has 7 heteroatoms. The summed E-state index contributed by atoms with van der Waals surface area (Å²) in [4.78, 5) is 0. The van der Waals surface area contributed by atoms with Gasteiger partial charge in [0.05, 0.1) is 38.3 Å². The van der Waals surface area contributed by atoms with Crippen LogP contribution in [0.1, 0.15) is 32.3 Å². The molecule has 1 aromatic carbocycles. The molecular weight excluding hydrogens is 359 g/mol. The van der Waals surface area contributed by atoms with Crippen molar-refractivity contribution in [3.8, 4) is 11.8 Å². The Hall–Kier alpha value is -0.970. The van der Waals surface area contributed by atoms with E-state index in [4.69, 9.17) is 9.88 Å². The van der Waals surface area contributed by atoms with E-state index < -0.39 is 27.0 Å². The lowest BCUT2D eigenvalue weighted by molar-refractivity contribution is 0.218. The van der Waals surface area contributed by atoms with Crippen molar-refractivity contribution in [2.45, 2.75) is 36.9 Å². The second-order valence-corrected chi connectivity index (χ2v) is 8.32. The van der Waals surface area contributed by atoms with Crippen molar-refractivity contribution < 1.29 is 13.3 Å². The summed E-state index contributed by atoms with van der Waals surface area (Å²) in [7, 11) is -1.59. The van der Waals surface area contributed by atoms with E-state index in [0.29, 0.717) is 12.0 Å². The molecule has 1 aliphatic rings. The summed E-state index contributed by atoms with van der Waals surface area (Å²) in [5, 5.41) is 15.2. The number of nitrogens with two attached hydrogens (primary N) is 1. The first-order valence-electron chi connectivity index (χ1n) is 6.42. The summed E-state index contributed by atoms with van der Waals surface area (Å²) in [6.45, 7) is 3.72. The van der Waals surface area contributed by atoms with E-state index in [0.717, 1.165) is 0 Å². The monoisotopic (exact) mass is 374 g/mol. The maximum Gasteiger partial charge on any atom is 0.179 e. The van der Waals surface area contributed by atoms with Gasteiger partial charge in [-0.15, -0.1) is 0 Å². The number of ether oxygens (including phenoxy) is 1. The molecule has 1 aliphatic heterocycles. The number of rotatable bonds is 3. The van der Waals surface area contributed by atoms with E-state index in [2.05, 4.69) is 22.0 Å². The molecule has 2 atom stereocenters. The Morgan fingerprint density at radius 2 is 2.29 bits per heavy atom. The van der Waals surface area contributed by atoms with E-state index in [9.17, 15) is 13.9 Å². The SMILES string of the molecule is CC(C)(CC1(C#N)CCOc2c1ccc(Br)c2F)S(N)=O. The van der Waals surface area contributed by atoms with Crippen LogP contribution in [0.3, 0.4) is 0 Å². The standard InChI is InChI=1S/C14H16BrFN2O2S/c1-13(2,21(18)19)7-14(8-17)5-6-20-12-9(14)3-4-10(15)11(12)16/h3-4H,5-7,18H2,1-2H3. The molecule has 114 valence electrons. The number of nitriles is 1. The fourth-order valence-corrected chi connectivity index (χ4v) is 3.35. The first-order valence-corrected chi connectivity index (χ1v) is 8.43. The van der Waals surface area contributed by atoms with Crippen molar-refractivity contribution >= 4 is 26.9 Å². The lowest BCUT2D eigenvalue weighted by Gasteiger charge is -2.38. The van der Waals surface area contributed by atoms with Gasteiger partial charge in [-0.2, -0.15) is 5.26 Å².